The summed E-state index contributed by atoms with van der Waals surface area (Å²) in [5, 5.41) is 10.6. The van der Waals surface area contributed by atoms with Crippen LogP contribution in [0.3, 0.4) is 0 Å². The Labute approximate surface area is 105 Å². The van der Waals surface area contributed by atoms with Gasteiger partial charge in [0.25, 0.3) is 0 Å². The number of ether oxygens (including phenoxy) is 1. The summed E-state index contributed by atoms with van der Waals surface area (Å²) in [6.45, 7) is 2.01. The van der Waals surface area contributed by atoms with Gasteiger partial charge in [-0.1, -0.05) is 11.6 Å². The molecule has 5 heteroatoms. The second kappa shape index (κ2) is 4.67. The van der Waals surface area contributed by atoms with Crippen LogP contribution in [0.1, 0.15) is 5.56 Å². The van der Waals surface area contributed by atoms with Crippen LogP contribution in [0, 0.1) is 6.92 Å². The maximum absolute atomic E-state index is 6.12. The predicted octanol–water partition coefficient (Wildman–Crippen LogP) is 3.09. The number of halogens is 1. The van der Waals surface area contributed by atoms with Crippen molar-refractivity contribution in [1.29, 1.82) is 0 Å². The first kappa shape index (κ1) is 11.8. The number of anilines is 1. The van der Waals surface area contributed by atoms with Gasteiger partial charge in [0.15, 0.2) is 0 Å². The molecule has 1 aromatic carbocycles. The summed E-state index contributed by atoms with van der Waals surface area (Å²) in [5.41, 5.74) is 3.03. The summed E-state index contributed by atoms with van der Waals surface area (Å²) in [5.74, 6) is 1.48. The minimum Gasteiger partial charge on any atom is -0.495 e. The van der Waals surface area contributed by atoms with Crippen LogP contribution < -0.4 is 10.1 Å². The lowest BCUT2D eigenvalue weighted by Gasteiger charge is -2.08. The van der Waals surface area contributed by atoms with Crippen molar-refractivity contribution in [3.63, 3.8) is 0 Å². The summed E-state index contributed by atoms with van der Waals surface area (Å²) in [4.78, 5) is 0. The summed E-state index contributed by atoms with van der Waals surface area (Å²) < 4.78 is 5.17. The van der Waals surface area contributed by atoms with Crippen molar-refractivity contribution in [2.75, 3.05) is 19.5 Å². The van der Waals surface area contributed by atoms with Crippen LogP contribution in [0.15, 0.2) is 18.2 Å². The van der Waals surface area contributed by atoms with Crippen LogP contribution in [0.2, 0.25) is 5.02 Å². The number of hydrogen-bond acceptors (Lipinski definition) is 3. The number of methoxy groups -OCH3 is 1. The van der Waals surface area contributed by atoms with E-state index in [1.165, 1.54) is 0 Å². The first-order chi connectivity index (χ1) is 8.15. The SMILES string of the molecule is CNc1cc(-c2cc(Cl)c(OC)cc2C)[nH]n1. The Hall–Kier alpha value is -1.68. The highest BCUT2D eigenvalue weighted by atomic mass is 35.5. The molecule has 1 heterocycles. The van der Waals surface area contributed by atoms with Crippen molar-refractivity contribution in [2.24, 2.45) is 0 Å². The molecule has 4 nitrogen and oxygen atoms in total. The van der Waals surface area contributed by atoms with Crippen molar-refractivity contribution in [1.82, 2.24) is 10.2 Å². The van der Waals surface area contributed by atoms with Gasteiger partial charge in [-0.15, -0.1) is 0 Å². The molecule has 2 N–H and O–H groups in total. The third kappa shape index (κ3) is 2.22. The van der Waals surface area contributed by atoms with Crippen molar-refractivity contribution in [3.8, 4) is 17.0 Å². The topological polar surface area (TPSA) is 49.9 Å². The lowest BCUT2D eigenvalue weighted by atomic mass is 10.1. The number of H-pyrrole nitrogens is 1. The fourth-order valence-corrected chi connectivity index (χ4v) is 1.93. The fraction of sp³-hybridized carbons (Fsp3) is 0.250. The molecule has 0 unspecified atom stereocenters. The normalized spacial score (nSPS) is 10.4. The maximum atomic E-state index is 6.12. The van der Waals surface area contributed by atoms with Crippen molar-refractivity contribution < 1.29 is 4.74 Å². The Bertz CT molecular complexity index is 537. The molecule has 0 saturated heterocycles. The van der Waals surface area contributed by atoms with E-state index in [1.807, 2.05) is 32.2 Å². The molecule has 0 atom stereocenters. The van der Waals surface area contributed by atoms with Gasteiger partial charge in [-0.2, -0.15) is 5.10 Å². The minimum absolute atomic E-state index is 0.591. The monoisotopic (exact) mass is 251 g/mol. The zero-order valence-corrected chi connectivity index (χ0v) is 10.7. The molecule has 0 bridgehead atoms. The summed E-state index contributed by atoms with van der Waals surface area (Å²) in [6, 6.07) is 5.73. The smallest absolute Gasteiger partial charge is 0.148 e. The number of aromatic nitrogens is 2. The van der Waals surface area contributed by atoms with E-state index in [-0.39, 0.29) is 0 Å². The average molecular weight is 252 g/mol. The summed E-state index contributed by atoms with van der Waals surface area (Å²) >= 11 is 6.12. The van der Waals surface area contributed by atoms with E-state index >= 15 is 0 Å². The van der Waals surface area contributed by atoms with Crippen molar-refractivity contribution >= 4 is 17.4 Å². The lowest BCUT2D eigenvalue weighted by molar-refractivity contribution is 0.415. The Balaban J connectivity index is 2.48. The van der Waals surface area contributed by atoms with E-state index < -0.39 is 0 Å². The van der Waals surface area contributed by atoms with Gasteiger partial charge in [0.1, 0.15) is 11.6 Å². The van der Waals surface area contributed by atoms with Gasteiger partial charge in [-0.05, 0) is 24.6 Å². The second-order valence-electron chi connectivity index (χ2n) is 3.72. The van der Waals surface area contributed by atoms with Gasteiger partial charge < -0.3 is 10.1 Å². The number of rotatable bonds is 3. The second-order valence-corrected chi connectivity index (χ2v) is 4.13. The van der Waals surface area contributed by atoms with Crippen LogP contribution >= 0.6 is 11.6 Å². The Morgan fingerprint density at radius 2 is 2.12 bits per heavy atom. The van der Waals surface area contributed by atoms with Gasteiger partial charge in [0, 0.05) is 18.7 Å². The van der Waals surface area contributed by atoms with Crippen LogP contribution in [-0.2, 0) is 0 Å². The molecule has 0 fully saturated rings. The molecule has 0 saturated carbocycles. The molecule has 2 aromatic rings. The molecule has 0 aliphatic carbocycles. The molecular weight excluding hydrogens is 238 g/mol. The van der Waals surface area contributed by atoms with E-state index in [4.69, 9.17) is 16.3 Å². The van der Waals surface area contributed by atoms with Crippen LogP contribution in [-0.4, -0.2) is 24.4 Å². The maximum Gasteiger partial charge on any atom is 0.148 e. The zero-order chi connectivity index (χ0) is 12.4. The van der Waals surface area contributed by atoms with Gasteiger partial charge in [0.05, 0.1) is 17.8 Å². The van der Waals surface area contributed by atoms with Gasteiger partial charge in [-0.25, -0.2) is 0 Å². The van der Waals surface area contributed by atoms with Crippen molar-refractivity contribution in [2.45, 2.75) is 6.92 Å². The van der Waals surface area contributed by atoms with Gasteiger partial charge in [-0.3, -0.25) is 5.10 Å². The number of benzene rings is 1. The fourth-order valence-electron chi connectivity index (χ4n) is 1.69. The molecule has 0 spiro atoms. The number of hydrogen-bond donors (Lipinski definition) is 2. The lowest BCUT2D eigenvalue weighted by Crippen LogP contribution is -1.89. The van der Waals surface area contributed by atoms with E-state index in [1.54, 1.807) is 7.11 Å². The van der Waals surface area contributed by atoms with Crippen molar-refractivity contribution in [3.05, 3.63) is 28.8 Å². The highest BCUT2D eigenvalue weighted by molar-refractivity contribution is 6.32. The Kier molecular flexibility index (Phi) is 3.24. The molecule has 17 heavy (non-hydrogen) atoms. The van der Waals surface area contributed by atoms with Gasteiger partial charge >= 0.3 is 0 Å². The number of nitrogens with one attached hydrogen (secondary N) is 2. The zero-order valence-electron chi connectivity index (χ0n) is 9.97. The molecular formula is C12H14ClN3O. The molecule has 0 amide bonds. The van der Waals surface area contributed by atoms with E-state index in [0.717, 1.165) is 22.6 Å². The standard InChI is InChI=1S/C12H14ClN3O/c1-7-4-11(17-3)9(13)5-8(7)10-6-12(14-2)16-15-10/h4-6H,1-3H3,(H2,14,15,16). The minimum atomic E-state index is 0.591. The first-order valence-corrected chi connectivity index (χ1v) is 5.61. The third-order valence-corrected chi connectivity index (χ3v) is 2.92. The summed E-state index contributed by atoms with van der Waals surface area (Å²) in [6.07, 6.45) is 0. The third-order valence-electron chi connectivity index (χ3n) is 2.62. The molecule has 1 aromatic heterocycles. The molecule has 0 radical (unpaired) electrons. The highest BCUT2D eigenvalue weighted by Gasteiger charge is 2.10. The molecule has 0 aliphatic rings. The first-order valence-electron chi connectivity index (χ1n) is 5.23. The van der Waals surface area contributed by atoms with Crippen LogP contribution in [0.5, 0.6) is 5.75 Å². The largest absolute Gasteiger partial charge is 0.495 e. The average Bonchev–Trinajstić information content (AvgIpc) is 2.80. The number of aromatic amines is 1. The predicted molar refractivity (Wildman–Crippen MR) is 69.9 cm³/mol. The number of aryl methyl sites for hydroxylation is 1. The Morgan fingerprint density at radius 3 is 2.71 bits per heavy atom. The number of nitrogens with zero attached hydrogens (tertiary/aromatic N) is 1. The quantitative estimate of drug-likeness (QED) is 0.881. The van der Waals surface area contributed by atoms with E-state index in [9.17, 15) is 0 Å². The van der Waals surface area contributed by atoms with Crippen LogP contribution in [0.25, 0.3) is 11.3 Å². The molecule has 0 aliphatic heterocycles. The van der Waals surface area contributed by atoms with E-state index in [2.05, 4.69) is 15.5 Å². The Morgan fingerprint density at radius 1 is 1.35 bits per heavy atom. The highest BCUT2D eigenvalue weighted by Crippen LogP contribution is 2.33. The molecule has 2 rings (SSSR count). The van der Waals surface area contributed by atoms with Gasteiger partial charge in [0.2, 0.25) is 0 Å². The molecule has 90 valence electrons. The van der Waals surface area contributed by atoms with Crippen LogP contribution in [0.4, 0.5) is 5.82 Å². The summed E-state index contributed by atoms with van der Waals surface area (Å²) in [7, 11) is 3.43. The van der Waals surface area contributed by atoms with E-state index in [0.29, 0.717) is 10.8 Å².